The van der Waals surface area contributed by atoms with Crippen LogP contribution in [-0.4, -0.2) is 11.9 Å². The van der Waals surface area contributed by atoms with Crippen LogP contribution in [0.3, 0.4) is 0 Å². The molecule has 2 atom stereocenters. The van der Waals surface area contributed by atoms with E-state index in [1.165, 1.54) is 0 Å². The van der Waals surface area contributed by atoms with E-state index in [4.69, 9.17) is 11.5 Å². The molecular weight excluding hydrogens is 176 g/mol. The van der Waals surface area contributed by atoms with E-state index in [1.807, 2.05) is 0 Å². The summed E-state index contributed by atoms with van der Waals surface area (Å²) in [5.41, 5.74) is 11.2. The summed E-state index contributed by atoms with van der Waals surface area (Å²) in [5.74, 6) is 0.241. The van der Waals surface area contributed by atoms with Crippen LogP contribution in [-0.2, 0) is 4.79 Å². The molecule has 4 N–H and O–H groups in total. The molecule has 0 radical (unpaired) electrons. The molecule has 0 bridgehead atoms. The number of primary amides is 1. The number of carbonyl (C=O) groups is 1. The van der Waals surface area contributed by atoms with E-state index in [0.717, 1.165) is 12.8 Å². The Hall–Kier alpha value is -0.570. The van der Waals surface area contributed by atoms with Crippen LogP contribution < -0.4 is 11.5 Å². The molecule has 0 aromatic heterocycles. The number of rotatable bonds is 5. The molecule has 0 fully saturated rings. The molecule has 1 amide bonds. The summed E-state index contributed by atoms with van der Waals surface area (Å²) in [6, 6.07) is -0.0788. The zero-order valence-electron chi connectivity index (χ0n) is 9.84. The maximum atomic E-state index is 10.6. The van der Waals surface area contributed by atoms with Gasteiger partial charge in [0.2, 0.25) is 5.91 Å². The summed E-state index contributed by atoms with van der Waals surface area (Å²) in [5, 5.41) is 0. The minimum Gasteiger partial charge on any atom is -0.370 e. The van der Waals surface area contributed by atoms with Crippen LogP contribution in [0.2, 0.25) is 0 Å². The van der Waals surface area contributed by atoms with Crippen LogP contribution in [0.4, 0.5) is 0 Å². The zero-order chi connectivity index (χ0) is 11.4. The average Bonchev–Trinajstić information content (AvgIpc) is 1.77. The van der Waals surface area contributed by atoms with Gasteiger partial charge < -0.3 is 11.5 Å². The van der Waals surface area contributed by atoms with Gasteiger partial charge >= 0.3 is 0 Å². The van der Waals surface area contributed by atoms with Crippen molar-refractivity contribution in [1.82, 2.24) is 0 Å². The van der Waals surface area contributed by atoms with Gasteiger partial charge in [-0.25, -0.2) is 0 Å². The fourth-order valence-corrected chi connectivity index (χ4v) is 1.99. The van der Waals surface area contributed by atoms with Crippen LogP contribution in [0.5, 0.6) is 0 Å². The molecule has 0 aliphatic carbocycles. The first kappa shape index (κ1) is 13.4. The highest BCUT2D eigenvalue weighted by atomic mass is 16.1. The first-order valence-corrected chi connectivity index (χ1v) is 5.24. The molecular formula is C11H24N2O. The van der Waals surface area contributed by atoms with Gasteiger partial charge in [0, 0.05) is 12.5 Å². The number of amides is 1. The van der Waals surface area contributed by atoms with Crippen molar-refractivity contribution in [3.05, 3.63) is 0 Å². The molecule has 0 aromatic rings. The van der Waals surface area contributed by atoms with Gasteiger partial charge in [-0.3, -0.25) is 4.79 Å². The largest absolute Gasteiger partial charge is 0.370 e. The molecule has 84 valence electrons. The third-order valence-electron chi connectivity index (χ3n) is 2.13. The van der Waals surface area contributed by atoms with Gasteiger partial charge in [0.05, 0.1) is 0 Å². The molecule has 0 rings (SSSR count). The highest BCUT2D eigenvalue weighted by Gasteiger charge is 2.18. The first-order valence-electron chi connectivity index (χ1n) is 5.24. The van der Waals surface area contributed by atoms with Crippen molar-refractivity contribution in [2.24, 2.45) is 22.8 Å². The fraction of sp³-hybridized carbons (Fsp3) is 0.909. The Morgan fingerprint density at radius 2 is 1.86 bits per heavy atom. The number of hydrogen-bond acceptors (Lipinski definition) is 2. The Kier molecular flexibility index (Phi) is 5.13. The average molecular weight is 200 g/mol. The summed E-state index contributed by atoms with van der Waals surface area (Å²) in [6.45, 7) is 8.81. The summed E-state index contributed by atoms with van der Waals surface area (Å²) in [6.07, 6.45) is 2.30. The SMILES string of the molecule is CC(CC(N)CC(N)=O)CC(C)(C)C. The van der Waals surface area contributed by atoms with Crippen LogP contribution in [0.25, 0.3) is 0 Å². The lowest BCUT2D eigenvalue weighted by molar-refractivity contribution is -0.118. The van der Waals surface area contributed by atoms with Gasteiger partial charge in [-0.05, 0) is 24.2 Å². The standard InChI is InChI=1S/C11H24N2O/c1-8(7-11(2,3)4)5-9(12)6-10(13)14/h8-9H,5-7,12H2,1-4H3,(H2,13,14). The van der Waals surface area contributed by atoms with E-state index in [-0.39, 0.29) is 11.9 Å². The van der Waals surface area contributed by atoms with Crippen molar-refractivity contribution in [1.29, 1.82) is 0 Å². The van der Waals surface area contributed by atoms with Crippen molar-refractivity contribution in [2.45, 2.75) is 53.0 Å². The maximum absolute atomic E-state index is 10.6. The smallest absolute Gasteiger partial charge is 0.218 e. The normalized spacial score (nSPS) is 16.4. The van der Waals surface area contributed by atoms with Gasteiger partial charge in [-0.1, -0.05) is 27.7 Å². The zero-order valence-corrected chi connectivity index (χ0v) is 9.84. The summed E-state index contributed by atoms with van der Waals surface area (Å²) >= 11 is 0. The van der Waals surface area contributed by atoms with Crippen LogP contribution in [0.15, 0.2) is 0 Å². The second-order valence-corrected chi connectivity index (χ2v) is 5.54. The quantitative estimate of drug-likeness (QED) is 0.708. The summed E-state index contributed by atoms with van der Waals surface area (Å²) in [7, 11) is 0. The second kappa shape index (κ2) is 5.35. The van der Waals surface area contributed by atoms with Crippen molar-refractivity contribution in [3.63, 3.8) is 0 Å². The molecule has 0 saturated heterocycles. The lowest BCUT2D eigenvalue weighted by Crippen LogP contribution is -2.30. The predicted octanol–water partition coefficient (Wildman–Crippen LogP) is 1.65. The lowest BCUT2D eigenvalue weighted by Gasteiger charge is -2.24. The van der Waals surface area contributed by atoms with Gasteiger partial charge in [-0.2, -0.15) is 0 Å². The van der Waals surface area contributed by atoms with Crippen molar-refractivity contribution < 1.29 is 4.79 Å². The Morgan fingerprint density at radius 1 is 1.36 bits per heavy atom. The van der Waals surface area contributed by atoms with Crippen molar-refractivity contribution in [3.8, 4) is 0 Å². The summed E-state index contributed by atoms with van der Waals surface area (Å²) in [4.78, 5) is 10.6. The molecule has 0 aliphatic heterocycles. The molecule has 0 aromatic carbocycles. The maximum Gasteiger partial charge on any atom is 0.218 e. The first-order chi connectivity index (χ1) is 6.20. The molecule has 2 unspecified atom stereocenters. The van der Waals surface area contributed by atoms with Gasteiger partial charge in [-0.15, -0.1) is 0 Å². The van der Waals surface area contributed by atoms with E-state index < -0.39 is 0 Å². The van der Waals surface area contributed by atoms with Crippen LogP contribution in [0.1, 0.15) is 47.0 Å². The minimum absolute atomic E-state index is 0.0788. The molecule has 0 heterocycles. The van der Waals surface area contributed by atoms with Gasteiger partial charge in [0.1, 0.15) is 0 Å². The molecule has 3 nitrogen and oxygen atoms in total. The number of hydrogen-bond donors (Lipinski definition) is 2. The van der Waals surface area contributed by atoms with E-state index in [0.29, 0.717) is 17.8 Å². The van der Waals surface area contributed by atoms with E-state index in [1.54, 1.807) is 0 Å². The third-order valence-corrected chi connectivity index (χ3v) is 2.13. The molecule has 0 spiro atoms. The Labute approximate surface area is 87.2 Å². The molecule has 0 saturated carbocycles. The summed E-state index contributed by atoms with van der Waals surface area (Å²) < 4.78 is 0. The number of carbonyl (C=O) groups excluding carboxylic acids is 1. The topological polar surface area (TPSA) is 69.1 Å². The number of nitrogens with two attached hydrogens (primary N) is 2. The Balaban J connectivity index is 3.82. The van der Waals surface area contributed by atoms with E-state index in [2.05, 4.69) is 27.7 Å². The lowest BCUT2D eigenvalue weighted by atomic mass is 9.82. The van der Waals surface area contributed by atoms with E-state index >= 15 is 0 Å². The fourth-order valence-electron chi connectivity index (χ4n) is 1.99. The van der Waals surface area contributed by atoms with Crippen LogP contribution >= 0.6 is 0 Å². The van der Waals surface area contributed by atoms with Crippen molar-refractivity contribution >= 4 is 5.91 Å². The van der Waals surface area contributed by atoms with Crippen LogP contribution in [0, 0.1) is 11.3 Å². The highest BCUT2D eigenvalue weighted by Crippen LogP contribution is 2.26. The predicted molar refractivity (Wildman–Crippen MR) is 59.6 cm³/mol. The van der Waals surface area contributed by atoms with Gasteiger partial charge in [0.15, 0.2) is 0 Å². The Morgan fingerprint density at radius 3 is 2.21 bits per heavy atom. The highest BCUT2D eigenvalue weighted by molar-refractivity contribution is 5.74. The molecule has 14 heavy (non-hydrogen) atoms. The third kappa shape index (κ3) is 8.05. The minimum atomic E-state index is -0.305. The molecule has 3 heteroatoms. The van der Waals surface area contributed by atoms with Crippen molar-refractivity contribution in [2.75, 3.05) is 0 Å². The second-order valence-electron chi connectivity index (χ2n) is 5.54. The monoisotopic (exact) mass is 200 g/mol. The Bertz CT molecular complexity index is 184. The van der Waals surface area contributed by atoms with E-state index in [9.17, 15) is 4.79 Å². The molecule has 0 aliphatic rings. The van der Waals surface area contributed by atoms with Gasteiger partial charge in [0.25, 0.3) is 0 Å².